The van der Waals surface area contributed by atoms with E-state index in [0.717, 1.165) is 43.5 Å². The molecule has 0 bridgehead atoms. The van der Waals surface area contributed by atoms with Crippen molar-refractivity contribution in [3.63, 3.8) is 0 Å². The zero-order chi connectivity index (χ0) is 25.5. The van der Waals surface area contributed by atoms with Crippen molar-refractivity contribution in [1.29, 1.82) is 0 Å². The zero-order valence-corrected chi connectivity index (χ0v) is 21.9. The first kappa shape index (κ1) is 24.3. The molecule has 4 heterocycles. The van der Waals surface area contributed by atoms with E-state index < -0.39 is 5.92 Å². The Balaban J connectivity index is 1.37. The molecule has 0 N–H and O–H groups in total. The standard InChI is InChI=1S/C30H37N3O4/c1-36-25-18-23-24(19-26(25)37-2)29(34)33-17-10-20-8-4-5-9-22(20)28(33)27(23)30(35)32-15-11-21(12-16-32)31-13-6-3-7-14-31/h4-5,8-9,18-19,21,27-28H,3,6-7,10-17H2,1-2H3. The van der Waals surface area contributed by atoms with Gasteiger partial charge < -0.3 is 24.2 Å². The van der Waals surface area contributed by atoms with E-state index in [-0.39, 0.29) is 17.9 Å². The van der Waals surface area contributed by atoms with Crippen molar-refractivity contribution in [2.75, 3.05) is 46.9 Å². The number of carbonyl (C=O) groups excluding carboxylic acids is 2. The molecule has 37 heavy (non-hydrogen) atoms. The molecule has 7 nitrogen and oxygen atoms in total. The molecule has 0 spiro atoms. The third-order valence-electron chi connectivity index (χ3n) is 8.98. The Morgan fingerprint density at radius 3 is 2.30 bits per heavy atom. The fourth-order valence-electron chi connectivity index (χ4n) is 7.05. The molecule has 0 saturated carbocycles. The molecular formula is C30H37N3O4. The van der Waals surface area contributed by atoms with Crippen LogP contribution in [0.15, 0.2) is 36.4 Å². The van der Waals surface area contributed by atoms with E-state index in [9.17, 15) is 9.59 Å². The first-order valence-corrected chi connectivity index (χ1v) is 13.8. The first-order valence-electron chi connectivity index (χ1n) is 13.8. The maximum atomic E-state index is 14.4. The van der Waals surface area contributed by atoms with Crippen LogP contribution in [-0.2, 0) is 11.2 Å². The zero-order valence-electron chi connectivity index (χ0n) is 21.9. The summed E-state index contributed by atoms with van der Waals surface area (Å²) in [6.07, 6.45) is 6.73. The van der Waals surface area contributed by atoms with Crippen LogP contribution in [0.4, 0.5) is 0 Å². The molecule has 2 atom stereocenters. The second kappa shape index (κ2) is 10.0. The van der Waals surface area contributed by atoms with Gasteiger partial charge in [-0.05, 0) is 74.0 Å². The number of benzene rings is 2. The number of amides is 2. The van der Waals surface area contributed by atoms with E-state index >= 15 is 0 Å². The maximum absolute atomic E-state index is 14.4. The Labute approximate surface area is 219 Å². The van der Waals surface area contributed by atoms with Crippen molar-refractivity contribution in [1.82, 2.24) is 14.7 Å². The number of ether oxygens (including phenoxy) is 2. The molecular weight excluding hydrogens is 466 g/mol. The van der Waals surface area contributed by atoms with Gasteiger partial charge in [0.05, 0.1) is 26.2 Å². The molecule has 2 unspecified atom stereocenters. The molecule has 2 saturated heterocycles. The average molecular weight is 504 g/mol. The second-order valence-electron chi connectivity index (χ2n) is 10.8. The number of fused-ring (bicyclic) bond motifs is 4. The number of hydrogen-bond donors (Lipinski definition) is 0. The Morgan fingerprint density at radius 1 is 0.865 bits per heavy atom. The lowest BCUT2D eigenvalue weighted by Gasteiger charge is -2.47. The predicted octanol–water partition coefficient (Wildman–Crippen LogP) is 4.02. The molecule has 4 aliphatic heterocycles. The van der Waals surface area contributed by atoms with Gasteiger partial charge in [-0.1, -0.05) is 30.7 Å². The lowest BCUT2D eigenvalue weighted by molar-refractivity contribution is -0.136. The summed E-state index contributed by atoms with van der Waals surface area (Å²) >= 11 is 0. The third kappa shape index (κ3) is 4.17. The van der Waals surface area contributed by atoms with Crippen LogP contribution in [0, 0.1) is 0 Å². The quantitative estimate of drug-likeness (QED) is 0.631. The molecule has 4 aliphatic rings. The van der Waals surface area contributed by atoms with Crippen LogP contribution in [0.25, 0.3) is 0 Å². The summed E-state index contributed by atoms with van der Waals surface area (Å²) in [7, 11) is 3.17. The van der Waals surface area contributed by atoms with Gasteiger partial charge in [0.15, 0.2) is 11.5 Å². The van der Waals surface area contributed by atoms with Gasteiger partial charge in [-0.15, -0.1) is 0 Å². The van der Waals surface area contributed by atoms with Crippen LogP contribution >= 0.6 is 0 Å². The summed E-state index contributed by atoms with van der Waals surface area (Å²) in [4.78, 5) is 34.8. The van der Waals surface area contributed by atoms with Gasteiger partial charge >= 0.3 is 0 Å². The summed E-state index contributed by atoms with van der Waals surface area (Å²) in [6.45, 7) is 4.51. The van der Waals surface area contributed by atoms with Gasteiger partial charge in [-0.25, -0.2) is 0 Å². The van der Waals surface area contributed by atoms with Crippen LogP contribution in [0.1, 0.15) is 71.1 Å². The van der Waals surface area contributed by atoms with Crippen LogP contribution in [0.5, 0.6) is 11.5 Å². The molecule has 2 fully saturated rings. The molecule has 196 valence electrons. The van der Waals surface area contributed by atoms with Gasteiger partial charge in [0, 0.05) is 31.2 Å². The summed E-state index contributed by atoms with van der Waals surface area (Å²) in [5.74, 6) is 0.667. The molecule has 7 heteroatoms. The van der Waals surface area contributed by atoms with Crippen molar-refractivity contribution in [2.45, 2.75) is 56.5 Å². The van der Waals surface area contributed by atoms with Crippen LogP contribution in [0.3, 0.4) is 0 Å². The van der Waals surface area contributed by atoms with E-state index in [0.29, 0.717) is 29.6 Å². The fraction of sp³-hybridized carbons (Fsp3) is 0.533. The normalized spacial score (nSPS) is 24.2. The summed E-state index contributed by atoms with van der Waals surface area (Å²) in [6, 6.07) is 12.2. The molecule has 2 amide bonds. The minimum Gasteiger partial charge on any atom is -0.493 e. The SMILES string of the molecule is COc1cc2c(cc1OC)C(C(=O)N1CCC(N3CCCCC3)CC1)C1c3ccccc3CCN1C2=O. The van der Waals surface area contributed by atoms with Crippen molar-refractivity contribution < 1.29 is 19.1 Å². The highest BCUT2D eigenvalue weighted by atomic mass is 16.5. The Bertz CT molecular complexity index is 1180. The summed E-state index contributed by atoms with van der Waals surface area (Å²) in [5, 5.41) is 0. The summed E-state index contributed by atoms with van der Waals surface area (Å²) < 4.78 is 11.1. The van der Waals surface area contributed by atoms with Gasteiger partial charge in [0.25, 0.3) is 5.91 Å². The van der Waals surface area contributed by atoms with Crippen LogP contribution in [-0.4, -0.2) is 79.5 Å². The highest BCUT2D eigenvalue weighted by molar-refractivity contribution is 6.02. The number of likely N-dealkylation sites (tertiary alicyclic amines) is 2. The molecule has 0 radical (unpaired) electrons. The van der Waals surface area contributed by atoms with Crippen molar-refractivity contribution in [2.24, 2.45) is 0 Å². The highest BCUT2D eigenvalue weighted by Crippen LogP contribution is 2.49. The monoisotopic (exact) mass is 503 g/mol. The number of methoxy groups -OCH3 is 2. The van der Waals surface area contributed by atoms with Crippen molar-refractivity contribution in [3.8, 4) is 11.5 Å². The number of nitrogens with zero attached hydrogens (tertiary/aromatic N) is 3. The van der Waals surface area contributed by atoms with E-state index in [1.807, 2.05) is 23.1 Å². The first-order chi connectivity index (χ1) is 18.1. The van der Waals surface area contributed by atoms with Crippen molar-refractivity contribution >= 4 is 11.8 Å². The lowest BCUT2D eigenvalue weighted by Crippen LogP contribution is -2.53. The van der Waals surface area contributed by atoms with Gasteiger partial charge in [0.2, 0.25) is 5.91 Å². The number of carbonyl (C=O) groups is 2. The largest absolute Gasteiger partial charge is 0.493 e. The average Bonchev–Trinajstić information content (AvgIpc) is 2.97. The van der Waals surface area contributed by atoms with E-state index in [1.165, 1.54) is 37.9 Å². The van der Waals surface area contributed by atoms with E-state index in [4.69, 9.17) is 9.47 Å². The Morgan fingerprint density at radius 2 is 1.57 bits per heavy atom. The summed E-state index contributed by atoms with van der Waals surface area (Å²) in [5.41, 5.74) is 3.62. The predicted molar refractivity (Wildman–Crippen MR) is 141 cm³/mol. The van der Waals surface area contributed by atoms with Gasteiger partial charge in [0.1, 0.15) is 0 Å². The number of piperidine rings is 2. The maximum Gasteiger partial charge on any atom is 0.254 e. The fourth-order valence-corrected chi connectivity index (χ4v) is 7.05. The van der Waals surface area contributed by atoms with E-state index in [2.05, 4.69) is 21.9 Å². The Kier molecular flexibility index (Phi) is 6.57. The van der Waals surface area contributed by atoms with Gasteiger partial charge in [-0.2, -0.15) is 0 Å². The van der Waals surface area contributed by atoms with Gasteiger partial charge in [-0.3, -0.25) is 9.59 Å². The Hall–Kier alpha value is -3.06. The minimum atomic E-state index is -0.472. The molecule has 0 aromatic heterocycles. The second-order valence-corrected chi connectivity index (χ2v) is 10.8. The smallest absolute Gasteiger partial charge is 0.254 e. The molecule has 2 aromatic carbocycles. The molecule has 0 aliphatic carbocycles. The lowest BCUT2D eigenvalue weighted by atomic mass is 9.75. The van der Waals surface area contributed by atoms with E-state index in [1.54, 1.807) is 20.3 Å². The van der Waals surface area contributed by atoms with Crippen molar-refractivity contribution in [3.05, 3.63) is 58.7 Å². The van der Waals surface area contributed by atoms with Crippen LogP contribution in [0.2, 0.25) is 0 Å². The number of rotatable bonds is 4. The highest BCUT2D eigenvalue weighted by Gasteiger charge is 2.48. The number of hydrogen-bond acceptors (Lipinski definition) is 5. The third-order valence-corrected chi connectivity index (χ3v) is 8.98. The minimum absolute atomic E-state index is 0.0386. The molecule has 2 aromatic rings. The molecule has 6 rings (SSSR count). The van der Waals surface area contributed by atoms with Crippen LogP contribution < -0.4 is 9.47 Å². The topological polar surface area (TPSA) is 62.3 Å².